The monoisotopic (exact) mass is 447 g/mol. The number of sulfonamides is 1. The second-order valence-corrected chi connectivity index (χ2v) is 9.60. The van der Waals surface area contributed by atoms with Crippen LogP contribution in [-0.4, -0.2) is 36.3 Å². The summed E-state index contributed by atoms with van der Waals surface area (Å²) in [6, 6.07) is 9.93. The van der Waals surface area contributed by atoms with E-state index < -0.39 is 15.8 Å². The molecule has 0 bridgehead atoms. The Morgan fingerprint density at radius 2 is 1.84 bits per heavy atom. The first-order chi connectivity index (χ1) is 14.7. The number of nitrogens with one attached hydrogen (secondary N) is 1. The molecule has 1 saturated heterocycles. The van der Waals surface area contributed by atoms with Gasteiger partial charge in [0.25, 0.3) is 0 Å². The number of piperidine rings is 1. The van der Waals surface area contributed by atoms with Crippen LogP contribution >= 0.6 is 0 Å². The number of anilines is 1. The standard InChI is InChI=1S/C21H22FN3O5S/c1-24-18-7-6-17(13-19(18)30-21(24)27)31(28,29)25-10-8-14(9-11-25)12-20(26)23-16-4-2-15(22)3-5-16/h2-7,13-14H,8-12H2,1H3,(H,23,26). The number of carbonyl (C=O) groups excluding carboxylic acids is 1. The molecule has 0 aliphatic carbocycles. The van der Waals surface area contributed by atoms with Crippen molar-refractivity contribution in [2.24, 2.45) is 13.0 Å². The number of amides is 1. The third-order valence-corrected chi connectivity index (χ3v) is 7.47. The smallest absolute Gasteiger partial charge is 0.408 e. The minimum Gasteiger partial charge on any atom is -0.408 e. The Morgan fingerprint density at radius 1 is 1.16 bits per heavy atom. The maximum Gasteiger partial charge on any atom is 0.419 e. The fourth-order valence-electron chi connectivity index (χ4n) is 3.78. The van der Waals surface area contributed by atoms with Crippen molar-refractivity contribution in [2.45, 2.75) is 24.2 Å². The van der Waals surface area contributed by atoms with E-state index in [0.717, 1.165) is 0 Å². The van der Waals surface area contributed by atoms with Gasteiger partial charge in [-0.25, -0.2) is 17.6 Å². The number of hydrogen-bond donors (Lipinski definition) is 1. The normalized spacial score (nSPS) is 15.9. The lowest BCUT2D eigenvalue weighted by molar-refractivity contribution is -0.117. The van der Waals surface area contributed by atoms with Crippen molar-refractivity contribution in [1.82, 2.24) is 8.87 Å². The molecule has 8 nitrogen and oxygen atoms in total. The zero-order valence-corrected chi connectivity index (χ0v) is 17.7. The maximum atomic E-state index is 13.0. The van der Waals surface area contributed by atoms with Gasteiger partial charge in [0.2, 0.25) is 15.9 Å². The van der Waals surface area contributed by atoms with Gasteiger partial charge in [-0.15, -0.1) is 0 Å². The van der Waals surface area contributed by atoms with Gasteiger partial charge in [0.15, 0.2) is 5.58 Å². The highest BCUT2D eigenvalue weighted by molar-refractivity contribution is 7.89. The molecule has 1 aromatic heterocycles. The summed E-state index contributed by atoms with van der Waals surface area (Å²) < 4.78 is 46.8. The number of aromatic nitrogens is 1. The Morgan fingerprint density at radius 3 is 2.52 bits per heavy atom. The van der Waals surface area contributed by atoms with E-state index in [2.05, 4.69) is 5.32 Å². The predicted octanol–water partition coefficient (Wildman–Crippen LogP) is 2.70. The average Bonchev–Trinajstić information content (AvgIpc) is 3.03. The Labute approximate surface area is 178 Å². The first-order valence-electron chi connectivity index (χ1n) is 9.89. The first kappa shape index (κ1) is 21.3. The van der Waals surface area contributed by atoms with Gasteiger partial charge < -0.3 is 9.73 Å². The fourth-order valence-corrected chi connectivity index (χ4v) is 5.27. The molecule has 10 heteroatoms. The maximum absolute atomic E-state index is 13.0. The van der Waals surface area contributed by atoms with Crippen molar-refractivity contribution in [3.8, 4) is 0 Å². The molecule has 0 atom stereocenters. The predicted molar refractivity (Wildman–Crippen MR) is 113 cm³/mol. The minimum absolute atomic E-state index is 0.0570. The van der Waals surface area contributed by atoms with Crippen LogP contribution in [0, 0.1) is 11.7 Å². The molecule has 1 amide bonds. The van der Waals surface area contributed by atoms with Crippen molar-refractivity contribution in [3.63, 3.8) is 0 Å². The quantitative estimate of drug-likeness (QED) is 0.648. The highest BCUT2D eigenvalue weighted by Crippen LogP contribution is 2.27. The van der Waals surface area contributed by atoms with Gasteiger partial charge in [-0.2, -0.15) is 4.31 Å². The molecule has 3 aromatic rings. The summed E-state index contributed by atoms with van der Waals surface area (Å²) >= 11 is 0. The number of oxazole rings is 1. The molecule has 1 aliphatic heterocycles. The number of halogens is 1. The number of benzene rings is 2. The van der Waals surface area contributed by atoms with Crippen molar-refractivity contribution in [2.75, 3.05) is 18.4 Å². The van der Waals surface area contributed by atoms with Gasteiger partial charge in [-0.05, 0) is 55.2 Å². The highest BCUT2D eigenvalue weighted by Gasteiger charge is 2.30. The van der Waals surface area contributed by atoms with E-state index in [1.807, 2.05) is 0 Å². The second kappa shape index (κ2) is 8.27. The van der Waals surface area contributed by atoms with Crippen LogP contribution in [0.1, 0.15) is 19.3 Å². The van der Waals surface area contributed by atoms with Gasteiger partial charge in [-0.3, -0.25) is 9.36 Å². The number of nitrogens with zero attached hydrogens (tertiary/aromatic N) is 2. The second-order valence-electron chi connectivity index (χ2n) is 7.66. The molecule has 0 saturated carbocycles. The lowest BCUT2D eigenvalue weighted by Crippen LogP contribution is -2.39. The zero-order valence-electron chi connectivity index (χ0n) is 16.9. The molecule has 1 fully saturated rings. The lowest BCUT2D eigenvalue weighted by atomic mass is 9.94. The van der Waals surface area contributed by atoms with Crippen LogP contribution < -0.4 is 11.1 Å². The summed E-state index contributed by atoms with van der Waals surface area (Å²) in [6.45, 7) is 0.598. The van der Waals surface area contributed by atoms with Crippen molar-refractivity contribution >= 4 is 32.7 Å². The Bertz CT molecular complexity index is 1270. The SMILES string of the molecule is Cn1c(=O)oc2cc(S(=O)(=O)N3CCC(CC(=O)Nc4ccc(F)cc4)CC3)ccc21. The molecule has 31 heavy (non-hydrogen) atoms. The Balaban J connectivity index is 1.38. The summed E-state index contributed by atoms with van der Waals surface area (Å²) in [5.41, 5.74) is 1.27. The number of fused-ring (bicyclic) bond motifs is 1. The fraction of sp³-hybridized carbons (Fsp3) is 0.333. The number of aryl methyl sites for hydroxylation is 1. The van der Waals surface area contributed by atoms with Crippen molar-refractivity contribution < 1.29 is 22.0 Å². The van der Waals surface area contributed by atoms with Crippen LogP contribution in [0.2, 0.25) is 0 Å². The summed E-state index contributed by atoms with van der Waals surface area (Å²) in [5.74, 6) is -1.05. The Kier molecular flexibility index (Phi) is 5.67. The lowest BCUT2D eigenvalue weighted by Gasteiger charge is -2.31. The molecular weight excluding hydrogens is 425 g/mol. The van der Waals surface area contributed by atoms with Crippen LogP contribution in [0.25, 0.3) is 11.1 Å². The first-order valence-corrected chi connectivity index (χ1v) is 11.3. The van der Waals surface area contributed by atoms with Gasteiger partial charge in [0, 0.05) is 38.3 Å². The molecule has 1 N–H and O–H groups in total. The van der Waals surface area contributed by atoms with E-state index in [9.17, 15) is 22.4 Å². The van der Waals surface area contributed by atoms with E-state index in [0.29, 0.717) is 37.1 Å². The third-order valence-electron chi connectivity index (χ3n) is 5.58. The van der Waals surface area contributed by atoms with Crippen LogP contribution in [0.5, 0.6) is 0 Å². The highest BCUT2D eigenvalue weighted by atomic mass is 32.2. The number of hydrogen-bond acceptors (Lipinski definition) is 5. The third kappa shape index (κ3) is 4.40. The number of rotatable bonds is 5. The average molecular weight is 447 g/mol. The molecule has 164 valence electrons. The molecule has 2 heterocycles. The number of carbonyl (C=O) groups is 1. The summed E-state index contributed by atoms with van der Waals surface area (Å²) in [6.07, 6.45) is 1.38. The van der Waals surface area contributed by atoms with E-state index in [1.54, 1.807) is 13.1 Å². The Hall–Kier alpha value is -2.98. The zero-order chi connectivity index (χ0) is 22.2. The van der Waals surface area contributed by atoms with Gasteiger partial charge >= 0.3 is 5.76 Å². The van der Waals surface area contributed by atoms with Crippen LogP contribution in [0.4, 0.5) is 10.1 Å². The molecule has 4 rings (SSSR count). The summed E-state index contributed by atoms with van der Waals surface area (Å²) in [5, 5.41) is 2.73. The van der Waals surface area contributed by atoms with Crippen LogP contribution in [0.3, 0.4) is 0 Å². The summed E-state index contributed by atoms with van der Waals surface area (Å²) in [7, 11) is -2.18. The van der Waals surface area contributed by atoms with Crippen molar-refractivity contribution in [1.29, 1.82) is 0 Å². The van der Waals surface area contributed by atoms with E-state index in [1.165, 1.54) is 45.3 Å². The van der Waals surface area contributed by atoms with E-state index >= 15 is 0 Å². The largest absolute Gasteiger partial charge is 0.419 e. The summed E-state index contributed by atoms with van der Waals surface area (Å²) in [4.78, 5) is 24.0. The van der Waals surface area contributed by atoms with Crippen LogP contribution in [0.15, 0.2) is 56.6 Å². The van der Waals surface area contributed by atoms with E-state index in [-0.39, 0.29) is 34.5 Å². The molecule has 0 unspecified atom stereocenters. The minimum atomic E-state index is -3.74. The van der Waals surface area contributed by atoms with Gasteiger partial charge in [0.1, 0.15) is 5.82 Å². The molecule has 0 radical (unpaired) electrons. The van der Waals surface area contributed by atoms with Gasteiger partial charge in [-0.1, -0.05) is 0 Å². The van der Waals surface area contributed by atoms with Crippen LogP contribution in [-0.2, 0) is 21.9 Å². The topological polar surface area (TPSA) is 102 Å². The molecule has 0 spiro atoms. The molecule has 2 aromatic carbocycles. The molecular formula is C21H22FN3O5S. The van der Waals surface area contributed by atoms with E-state index in [4.69, 9.17) is 4.42 Å². The van der Waals surface area contributed by atoms with Gasteiger partial charge in [0.05, 0.1) is 10.4 Å². The van der Waals surface area contributed by atoms with Crippen molar-refractivity contribution in [3.05, 3.63) is 58.8 Å². The molecule has 1 aliphatic rings.